The van der Waals surface area contributed by atoms with Crippen molar-refractivity contribution < 1.29 is 8.78 Å². The number of nitrogens with zero attached hydrogens (tertiary/aromatic N) is 2. The first kappa shape index (κ1) is 12.0. The van der Waals surface area contributed by atoms with E-state index >= 15 is 0 Å². The Labute approximate surface area is 109 Å². The van der Waals surface area contributed by atoms with Crippen LogP contribution in [0.2, 0.25) is 0 Å². The zero-order valence-electron chi connectivity index (χ0n) is 10.7. The number of pyridine rings is 2. The van der Waals surface area contributed by atoms with Crippen LogP contribution in [-0.2, 0) is 6.42 Å². The molecular weight excluding hydrogens is 246 g/mol. The molecule has 2 heterocycles. The van der Waals surface area contributed by atoms with Gasteiger partial charge in [-0.15, -0.1) is 0 Å². The van der Waals surface area contributed by atoms with Crippen LogP contribution < -0.4 is 0 Å². The van der Waals surface area contributed by atoms with E-state index in [0.29, 0.717) is 10.9 Å². The molecule has 0 radical (unpaired) electrons. The van der Waals surface area contributed by atoms with Gasteiger partial charge < -0.3 is 0 Å². The molecule has 3 aromatic rings. The lowest BCUT2D eigenvalue weighted by atomic mass is 10.0. The summed E-state index contributed by atoms with van der Waals surface area (Å²) < 4.78 is 27.1. The predicted molar refractivity (Wildman–Crippen MR) is 71.1 cm³/mol. The highest BCUT2D eigenvalue weighted by atomic mass is 19.1. The van der Waals surface area contributed by atoms with Crippen LogP contribution in [0, 0.1) is 18.7 Å². The van der Waals surface area contributed by atoms with E-state index in [0.717, 1.165) is 29.1 Å². The molecule has 0 amide bonds. The normalized spacial score (nSPS) is 11.4. The highest BCUT2D eigenvalue weighted by Crippen LogP contribution is 2.27. The number of fused-ring (bicyclic) bond motifs is 3. The predicted octanol–water partition coefficient (Wildman–Crippen LogP) is 3.93. The van der Waals surface area contributed by atoms with E-state index in [1.54, 1.807) is 6.07 Å². The first-order chi connectivity index (χ1) is 9.10. The summed E-state index contributed by atoms with van der Waals surface area (Å²) in [4.78, 5) is 8.21. The molecule has 0 saturated carbocycles. The van der Waals surface area contributed by atoms with Gasteiger partial charge in [-0.1, -0.05) is 13.0 Å². The number of aryl methyl sites for hydroxylation is 2. The van der Waals surface area contributed by atoms with Crippen LogP contribution >= 0.6 is 0 Å². The molecule has 0 spiro atoms. The first-order valence-electron chi connectivity index (χ1n) is 6.15. The van der Waals surface area contributed by atoms with Crippen molar-refractivity contribution in [2.24, 2.45) is 0 Å². The third kappa shape index (κ3) is 1.84. The van der Waals surface area contributed by atoms with Gasteiger partial charge in [0.25, 0.3) is 0 Å². The highest BCUT2D eigenvalue weighted by Gasteiger charge is 2.12. The summed E-state index contributed by atoms with van der Waals surface area (Å²) in [6, 6.07) is 6.25. The summed E-state index contributed by atoms with van der Waals surface area (Å²) in [5.41, 5.74) is 2.78. The topological polar surface area (TPSA) is 25.8 Å². The fraction of sp³-hybridized carbons (Fsp3) is 0.200. The second-order valence-electron chi connectivity index (χ2n) is 4.56. The van der Waals surface area contributed by atoms with Gasteiger partial charge in [-0.25, -0.2) is 9.37 Å². The van der Waals surface area contributed by atoms with Gasteiger partial charge in [-0.3, -0.25) is 4.98 Å². The molecular formula is C15H12F2N2. The number of hydrogen-bond donors (Lipinski definition) is 0. The Morgan fingerprint density at radius 2 is 1.68 bits per heavy atom. The average molecular weight is 258 g/mol. The lowest BCUT2D eigenvalue weighted by molar-refractivity contribution is 0.562. The van der Waals surface area contributed by atoms with Crippen LogP contribution in [0.5, 0.6) is 0 Å². The summed E-state index contributed by atoms with van der Waals surface area (Å²) in [5, 5.41) is 1.20. The lowest BCUT2D eigenvalue weighted by Gasteiger charge is -2.08. The Kier molecular flexibility index (Phi) is 2.66. The van der Waals surface area contributed by atoms with Crippen molar-refractivity contribution >= 4 is 21.8 Å². The van der Waals surface area contributed by atoms with E-state index in [1.807, 2.05) is 26.0 Å². The molecule has 0 atom stereocenters. The average Bonchev–Trinajstić information content (AvgIpc) is 2.37. The van der Waals surface area contributed by atoms with Crippen molar-refractivity contribution in [1.82, 2.24) is 9.97 Å². The van der Waals surface area contributed by atoms with Crippen LogP contribution in [0.25, 0.3) is 21.8 Å². The molecule has 2 aromatic heterocycles. The molecule has 0 aliphatic heterocycles. The fourth-order valence-electron chi connectivity index (χ4n) is 2.41. The fourth-order valence-corrected chi connectivity index (χ4v) is 2.41. The molecule has 19 heavy (non-hydrogen) atoms. The van der Waals surface area contributed by atoms with E-state index in [-0.39, 0.29) is 5.52 Å². The van der Waals surface area contributed by atoms with Crippen LogP contribution in [0.3, 0.4) is 0 Å². The largest absolute Gasteiger partial charge is 0.251 e. The third-order valence-corrected chi connectivity index (χ3v) is 3.27. The highest BCUT2D eigenvalue weighted by molar-refractivity contribution is 6.04. The minimum atomic E-state index is -0.821. The van der Waals surface area contributed by atoms with Crippen molar-refractivity contribution in [2.45, 2.75) is 20.3 Å². The second-order valence-corrected chi connectivity index (χ2v) is 4.56. The van der Waals surface area contributed by atoms with Crippen molar-refractivity contribution in [3.8, 4) is 0 Å². The Morgan fingerprint density at radius 3 is 2.42 bits per heavy atom. The number of aromatic nitrogens is 2. The monoisotopic (exact) mass is 258 g/mol. The minimum Gasteiger partial charge on any atom is -0.251 e. The van der Waals surface area contributed by atoms with Gasteiger partial charge in [0.15, 0.2) is 0 Å². The molecule has 2 nitrogen and oxygen atoms in total. The maximum Gasteiger partial charge on any atom is 0.216 e. The smallest absolute Gasteiger partial charge is 0.216 e. The van der Waals surface area contributed by atoms with Crippen LogP contribution in [0.1, 0.15) is 18.2 Å². The van der Waals surface area contributed by atoms with Crippen LogP contribution in [0.15, 0.2) is 24.3 Å². The van der Waals surface area contributed by atoms with E-state index in [9.17, 15) is 8.78 Å². The number of hydrogen-bond acceptors (Lipinski definition) is 2. The number of benzene rings is 1. The van der Waals surface area contributed by atoms with E-state index in [1.165, 1.54) is 0 Å². The number of halogens is 2. The maximum absolute atomic E-state index is 13.8. The molecule has 3 rings (SSSR count). The van der Waals surface area contributed by atoms with Crippen molar-refractivity contribution in [2.75, 3.05) is 0 Å². The molecule has 0 unspecified atom stereocenters. The Balaban J connectivity index is 2.55. The molecule has 1 aromatic carbocycles. The molecule has 0 N–H and O–H groups in total. The molecule has 4 heteroatoms. The van der Waals surface area contributed by atoms with Gasteiger partial charge in [0.05, 0.1) is 5.52 Å². The SMILES string of the molecule is CCc1cc(C)nc2c1ccc1c(F)cc(F)nc12. The van der Waals surface area contributed by atoms with Gasteiger partial charge in [0.2, 0.25) is 5.95 Å². The standard InChI is InChI=1S/C15H12F2N2/c1-3-9-6-8(2)18-14-10(9)4-5-11-12(16)7-13(17)19-15(11)14/h4-7H,3H2,1-2H3. The van der Waals surface area contributed by atoms with Gasteiger partial charge in [-0.05, 0) is 31.0 Å². The molecule has 0 aliphatic rings. The van der Waals surface area contributed by atoms with E-state index < -0.39 is 11.8 Å². The molecule has 0 aliphatic carbocycles. The lowest BCUT2D eigenvalue weighted by Crippen LogP contribution is -1.96. The van der Waals surface area contributed by atoms with Crippen LogP contribution in [-0.4, -0.2) is 9.97 Å². The summed E-state index contributed by atoms with van der Waals surface area (Å²) in [6.07, 6.45) is 0.836. The van der Waals surface area contributed by atoms with Crippen molar-refractivity contribution in [3.05, 3.63) is 47.3 Å². The molecule has 0 saturated heterocycles. The van der Waals surface area contributed by atoms with Crippen LogP contribution in [0.4, 0.5) is 8.78 Å². The number of rotatable bonds is 1. The second kappa shape index (κ2) is 4.23. The van der Waals surface area contributed by atoms with Gasteiger partial charge in [0, 0.05) is 22.5 Å². The van der Waals surface area contributed by atoms with E-state index in [4.69, 9.17) is 0 Å². The Bertz CT molecular complexity index is 797. The molecule has 0 fully saturated rings. The van der Waals surface area contributed by atoms with E-state index in [2.05, 4.69) is 9.97 Å². The quantitative estimate of drug-likeness (QED) is 0.488. The zero-order valence-corrected chi connectivity index (χ0v) is 10.7. The minimum absolute atomic E-state index is 0.286. The molecule has 0 bridgehead atoms. The summed E-state index contributed by atoms with van der Waals surface area (Å²) in [7, 11) is 0. The Morgan fingerprint density at radius 1 is 1.00 bits per heavy atom. The van der Waals surface area contributed by atoms with Gasteiger partial charge >= 0.3 is 0 Å². The van der Waals surface area contributed by atoms with Gasteiger partial charge in [0.1, 0.15) is 11.3 Å². The summed E-state index contributed by atoms with van der Waals surface area (Å²) in [6.45, 7) is 3.91. The summed E-state index contributed by atoms with van der Waals surface area (Å²) >= 11 is 0. The summed E-state index contributed by atoms with van der Waals surface area (Å²) in [5.74, 6) is -1.43. The maximum atomic E-state index is 13.8. The van der Waals surface area contributed by atoms with Gasteiger partial charge in [-0.2, -0.15) is 4.39 Å². The van der Waals surface area contributed by atoms with Crippen molar-refractivity contribution in [3.63, 3.8) is 0 Å². The molecule has 96 valence electrons. The van der Waals surface area contributed by atoms with Crippen molar-refractivity contribution in [1.29, 1.82) is 0 Å². The first-order valence-corrected chi connectivity index (χ1v) is 6.15. The Hall–Kier alpha value is -2.10. The third-order valence-electron chi connectivity index (χ3n) is 3.27. The zero-order chi connectivity index (χ0) is 13.6.